The van der Waals surface area contributed by atoms with Crippen molar-refractivity contribution in [2.45, 2.75) is 46.1 Å². The molecule has 1 saturated heterocycles. The quantitative estimate of drug-likeness (QED) is 0.719. The summed E-state index contributed by atoms with van der Waals surface area (Å²) in [5.74, 6) is 1.16. The van der Waals surface area contributed by atoms with Crippen molar-refractivity contribution in [2.75, 3.05) is 26.2 Å². The van der Waals surface area contributed by atoms with Gasteiger partial charge in [0.15, 0.2) is 0 Å². The van der Waals surface area contributed by atoms with Gasteiger partial charge in [-0.1, -0.05) is 27.2 Å². The second kappa shape index (κ2) is 7.74. The average molecular weight is 255 g/mol. The van der Waals surface area contributed by atoms with Crippen LogP contribution in [0.5, 0.6) is 0 Å². The molecule has 1 heterocycles. The van der Waals surface area contributed by atoms with Crippen LogP contribution in [0.1, 0.15) is 40.0 Å². The molecule has 2 unspecified atom stereocenters. The van der Waals surface area contributed by atoms with Crippen LogP contribution >= 0.6 is 0 Å². The molecule has 0 aliphatic carbocycles. The lowest BCUT2D eigenvalue weighted by Crippen LogP contribution is -2.51. The predicted octanol–water partition coefficient (Wildman–Crippen LogP) is 1.21. The molecule has 0 bridgehead atoms. The van der Waals surface area contributed by atoms with Crippen LogP contribution in [0, 0.1) is 11.8 Å². The first-order chi connectivity index (χ1) is 8.51. The van der Waals surface area contributed by atoms with E-state index in [9.17, 15) is 4.79 Å². The number of nitrogens with zero attached hydrogens (tertiary/aromatic N) is 1. The molecule has 0 aromatic heterocycles. The predicted molar refractivity (Wildman–Crippen MR) is 75.3 cm³/mol. The van der Waals surface area contributed by atoms with Gasteiger partial charge in [-0.25, -0.2) is 0 Å². The van der Waals surface area contributed by atoms with Crippen molar-refractivity contribution >= 4 is 5.91 Å². The maximum Gasteiger partial charge on any atom is 0.231 e. The van der Waals surface area contributed by atoms with Gasteiger partial charge in [0.25, 0.3) is 0 Å². The zero-order chi connectivity index (χ0) is 13.5. The van der Waals surface area contributed by atoms with Crippen molar-refractivity contribution in [3.8, 4) is 0 Å². The highest BCUT2D eigenvalue weighted by molar-refractivity contribution is 5.75. The summed E-state index contributed by atoms with van der Waals surface area (Å²) in [6.07, 6.45) is 3.69. The summed E-state index contributed by atoms with van der Waals surface area (Å²) < 4.78 is 0. The smallest absolute Gasteiger partial charge is 0.231 e. The fraction of sp³-hybridized carbons (Fsp3) is 0.929. The van der Waals surface area contributed by atoms with E-state index < -0.39 is 0 Å². The molecule has 1 fully saturated rings. The van der Waals surface area contributed by atoms with Gasteiger partial charge in [-0.2, -0.15) is 0 Å². The van der Waals surface area contributed by atoms with Crippen molar-refractivity contribution < 1.29 is 4.79 Å². The SMILES string of the molecule is CCCC1CC(NCC(C)C)CN(CC(N)=O)C1. The van der Waals surface area contributed by atoms with Gasteiger partial charge in [-0.05, 0) is 31.2 Å². The van der Waals surface area contributed by atoms with Crippen LogP contribution in [0.25, 0.3) is 0 Å². The molecule has 2 atom stereocenters. The van der Waals surface area contributed by atoms with Crippen molar-refractivity contribution in [1.29, 1.82) is 0 Å². The number of primary amides is 1. The zero-order valence-electron chi connectivity index (χ0n) is 12.1. The van der Waals surface area contributed by atoms with Gasteiger partial charge >= 0.3 is 0 Å². The third kappa shape index (κ3) is 5.83. The highest BCUT2D eigenvalue weighted by atomic mass is 16.1. The average Bonchev–Trinajstić information content (AvgIpc) is 2.25. The summed E-state index contributed by atoms with van der Waals surface area (Å²) in [5, 5.41) is 3.62. The number of nitrogens with two attached hydrogens (primary N) is 1. The largest absolute Gasteiger partial charge is 0.369 e. The van der Waals surface area contributed by atoms with Gasteiger partial charge < -0.3 is 11.1 Å². The Morgan fingerprint density at radius 2 is 2.17 bits per heavy atom. The Labute approximate surface area is 111 Å². The van der Waals surface area contributed by atoms with Crippen molar-refractivity contribution in [1.82, 2.24) is 10.2 Å². The van der Waals surface area contributed by atoms with E-state index in [1.165, 1.54) is 19.3 Å². The van der Waals surface area contributed by atoms with E-state index in [0.29, 0.717) is 24.4 Å². The summed E-state index contributed by atoms with van der Waals surface area (Å²) >= 11 is 0. The second-order valence-corrected chi connectivity index (χ2v) is 6.05. The Kier molecular flexibility index (Phi) is 6.65. The molecule has 106 valence electrons. The second-order valence-electron chi connectivity index (χ2n) is 6.05. The number of hydrogen-bond donors (Lipinski definition) is 2. The molecular formula is C14H29N3O. The van der Waals surface area contributed by atoms with Crippen LogP contribution in [0.15, 0.2) is 0 Å². The number of piperidine rings is 1. The Morgan fingerprint density at radius 1 is 1.44 bits per heavy atom. The van der Waals surface area contributed by atoms with Crippen LogP contribution < -0.4 is 11.1 Å². The Morgan fingerprint density at radius 3 is 2.72 bits per heavy atom. The van der Waals surface area contributed by atoms with Crippen molar-refractivity contribution in [3.63, 3.8) is 0 Å². The fourth-order valence-corrected chi connectivity index (χ4v) is 2.82. The van der Waals surface area contributed by atoms with Crippen LogP contribution in [0.2, 0.25) is 0 Å². The van der Waals surface area contributed by atoms with E-state index in [-0.39, 0.29) is 5.91 Å². The van der Waals surface area contributed by atoms with E-state index in [4.69, 9.17) is 5.73 Å². The number of carbonyl (C=O) groups is 1. The molecule has 3 N–H and O–H groups in total. The Hall–Kier alpha value is -0.610. The summed E-state index contributed by atoms with van der Waals surface area (Å²) in [7, 11) is 0. The van der Waals surface area contributed by atoms with Crippen molar-refractivity contribution in [2.24, 2.45) is 17.6 Å². The van der Waals surface area contributed by atoms with Gasteiger partial charge in [-0.15, -0.1) is 0 Å². The van der Waals surface area contributed by atoms with Crippen LogP contribution in [-0.2, 0) is 4.79 Å². The molecule has 4 nitrogen and oxygen atoms in total. The van der Waals surface area contributed by atoms with Gasteiger partial charge in [-0.3, -0.25) is 9.69 Å². The molecule has 0 saturated carbocycles. The van der Waals surface area contributed by atoms with E-state index in [1.807, 2.05) is 0 Å². The Bertz CT molecular complexity index is 255. The number of likely N-dealkylation sites (tertiary alicyclic amines) is 1. The molecule has 1 amide bonds. The molecule has 1 aliphatic rings. The van der Waals surface area contributed by atoms with Gasteiger partial charge in [0.1, 0.15) is 0 Å². The molecule has 0 aromatic rings. The topological polar surface area (TPSA) is 58.4 Å². The third-order valence-electron chi connectivity index (χ3n) is 3.50. The first-order valence-electron chi connectivity index (χ1n) is 7.25. The number of amides is 1. The fourth-order valence-electron chi connectivity index (χ4n) is 2.82. The van der Waals surface area contributed by atoms with E-state index in [1.54, 1.807) is 0 Å². The van der Waals surface area contributed by atoms with Crippen LogP contribution in [0.3, 0.4) is 0 Å². The van der Waals surface area contributed by atoms with Crippen molar-refractivity contribution in [3.05, 3.63) is 0 Å². The Balaban J connectivity index is 2.47. The molecule has 18 heavy (non-hydrogen) atoms. The molecule has 0 radical (unpaired) electrons. The first-order valence-corrected chi connectivity index (χ1v) is 7.25. The number of rotatable bonds is 7. The normalized spacial score (nSPS) is 25.6. The minimum Gasteiger partial charge on any atom is -0.369 e. The summed E-state index contributed by atoms with van der Waals surface area (Å²) in [6, 6.07) is 0.511. The third-order valence-corrected chi connectivity index (χ3v) is 3.50. The van der Waals surface area contributed by atoms with Gasteiger partial charge in [0, 0.05) is 19.1 Å². The minimum absolute atomic E-state index is 0.213. The number of nitrogens with one attached hydrogen (secondary N) is 1. The number of hydrogen-bond acceptors (Lipinski definition) is 3. The standard InChI is InChI=1S/C14H29N3O/c1-4-5-12-6-13(16-7-11(2)3)9-17(8-12)10-14(15)18/h11-13,16H,4-10H2,1-3H3,(H2,15,18). The summed E-state index contributed by atoms with van der Waals surface area (Å²) in [5.41, 5.74) is 5.31. The molecule has 0 spiro atoms. The molecule has 1 rings (SSSR count). The van der Waals surface area contributed by atoms with E-state index in [2.05, 4.69) is 31.0 Å². The summed E-state index contributed by atoms with van der Waals surface area (Å²) in [6.45, 7) is 10.1. The lowest BCUT2D eigenvalue weighted by Gasteiger charge is -2.38. The maximum atomic E-state index is 11.1. The van der Waals surface area contributed by atoms with Crippen LogP contribution in [-0.4, -0.2) is 43.0 Å². The van der Waals surface area contributed by atoms with Gasteiger partial charge in [0.05, 0.1) is 6.54 Å². The van der Waals surface area contributed by atoms with Gasteiger partial charge in [0.2, 0.25) is 5.91 Å². The van der Waals surface area contributed by atoms with Crippen LogP contribution in [0.4, 0.5) is 0 Å². The lowest BCUT2D eigenvalue weighted by molar-refractivity contribution is -0.119. The lowest BCUT2D eigenvalue weighted by atomic mass is 9.90. The van der Waals surface area contributed by atoms with E-state index in [0.717, 1.165) is 19.6 Å². The zero-order valence-corrected chi connectivity index (χ0v) is 12.1. The molecule has 1 aliphatic heterocycles. The molecule has 4 heteroatoms. The minimum atomic E-state index is -0.213. The highest BCUT2D eigenvalue weighted by Gasteiger charge is 2.27. The number of carbonyl (C=O) groups excluding carboxylic acids is 1. The highest BCUT2D eigenvalue weighted by Crippen LogP contribution is 2.21. The molecule has 0 aromatic carbocycles. The summed E-state index contributed by atoms with van der Waals surface area (Å²) in [4.78, 5) is 13.3. The monoisotopic (exact) mass is 255 g/mol. The molecular weight excluding hydrogens is 226 g/mol. The maximum absolute atomic E-state index is 11.1. The van der Waals surface area contributed by atoms with E-state index >= 15 is 0 Å². The first kappa shape index (κ1) is 15.4.